The van der Waals surface area contributed by atoms with Crippen LogP contribution >= 0.6 is 0 Å². The van der Waals surface area contributed by atoms with Crippen LogP contribution in [-0.4, -0.2) is 32.9 Å². The molecule has 1 aliphatic carbocycles. The van der Waals surface area contributed by atoms with Crippen molar-refractivity contribution in [3.05, 3.63) is 76.0 Å². The number of hydrogen-bond acceptors (Lipinski definition) is 3. The molecule has 3 aromatic rings. The van der Waals surface area contributed by atoms with Crippen molar-refractivity contribution in [1.29, 1.82) is 0 Å². The zero-order chi connectivity index (χ0) is 21.1. The summed E-state index contributed by atoms with van der Waals surface area (Å²) in [5.74, 6) is -0.634. The van der Waals surface area contributed by atoms with Crippen LogP contribution in [0.15, 0.2) is 53.5 Å². The highest BCUT2D eigenvalue weighted by molar-refractivity contribution is 5.97. The second kappa shape index (κ2) is 8.78. The van der Waals surface area contributed by atoms with Gasteiger partial charge in [-0.2, -0.15) is 0 Å². The van der Waals surface area contributed by atoms with Crippen LogP contribution in [0.1, 0.15) is 54.9 Å². The Morgan fingerprint density at radius 3 is 2.67 bits per heavy atom. The van der Waals surface area contributed by atoms with E-state index in [1.165, 1.54) is 17.1 Å². The van der Waals surface area contributed by atoms with Crippen molar-refractivity contribution in [1.82, 2.24) is 14.5 Å². The number of amides is 1. The van der Waals surface area contributed by atoms with Gasteiger partial charge in [-0.25, -0.2) is 9.37 Å². The number of fused-ring (bicyclic) bond motifs is 1. The van der Waals surface area contributed by atoms with Crippen LogP contribution in [-0.2, 0) is 6.54 Å². The number of nitrogens with zero attached hydrogens (tertiary/aromatic N) is 3. The van der Waals surface area contributed by atoms with E-state index in [1.54, 1.807) is 36.5 Å². The molecule has 156 valence electrons. The third kappa shape index (κ3) is 3.86. The second-order valence-electron chi connectivity index (χ2n) is 7.84. The van der Waals surface area contributed by atoms with Gasteiger partial charge in [-0.05, 0) is 44.0 Å². The molecule has 6 heteroatoms. The lowest BCUT2D eigenvalue weighted by molar-refractivity contribution is 0.0645. The molecule has 0 atom stereocenters. The molecule has 0 aliphatic heterocycles. The van der Waals surface area contributed by atoms with E-state index in [1.807, 2.05) is 17.9 Å². The first kappa shape index (κ1) is 20.3. The number of carbonyl (C=O) groups is 1. The molecule has 1 aliphatic rings. The van der Waals surface area contributed by atoms with Crippen LogP contribution in [0.5, 0.6) is 0 Å². The summed E-state index contributed by atoms with van der Waals surface area (Å²) < 4.78 is 15.7. The van der Waals surface area contributed by atoms with E-state index in [4.69, 9.17) is 0 Å². The molecule has 0 N–H and O–H groups in total. The van der Waals surface area contributed by atoms with Crippen molar-refractivity contribution in [3.63, 3.8) is 0 Å². The van der Waals surface area contributed by atoms with E-state index in [0.717, 1.165) is 25.7 Å². The van der Waals surface area contributed by atoms with Crippen LogP contribution in [0, 0.1) is 5.82 Å². The molecule has 1 saturated carbocycles. The lowest BCUT2D eigenvalue weighted by atomic mass is 9.93. The van der Waals surface area contributed by atoms with E-state index >= 15 is 0 Å². The molecule has 2 aromatic heterocycles. The first-order valence-electron chi connectivity index (χ1n) is 10.6. The first-order chi connectivity index (χ1) is 14.6. The fraction of sp³-hybridized carbons (Fsp3) is 0.375. The summed E-state index contributed by atoms with van der Waals surface area (Å²) in [5.41, 5.74) is 0.529. The van der Waals surface area contributed by atoms with Crippen LogP contribution in [0.2, 0.25) is 0 Å². The Bertz CT molecular complexity index is 1120. The minimum absolute atomic E-state index is 0.0235. The Labute approximate surface area is 175 Å². The summed E-state index contributed by atoms with van der Waals surface area (Å²) in [4.78, 5) is 33.0. The van der Waals surface area contributed by atoms with E-state index < -0.39 is 5.56 Å². The molecule has 0 spiro atoms. The molecule has 0 saturated heterocycles. The second-order valence-corrected chi connectivity index (χ2v) is 7.84. The van der Waals surface area contributed by atoms with Crippen molar-refractivity contribution in [2.24, 2.45) is 0 Å². The van der Waals surface area contributed by atoms with Gasteiger partial charge >= 0.3 is 0 Å². The topological polar surface area (TPSA) is 55.2 Å². The van der Waals surface area contributed by atoms with Gasteiger partial charge in [0.05, 0.1) is 6.54 Å². The van der Waals surface area contributed by atoms with Gasteiger partial charge in [-0.1, -0.05) is 37.5 Å². The molecular weight excluding hydrogens is 381 g/mol. The van der Waals surface area contributed by atoms with E-state index in [2.05, 4.69) is 4.98 Å². The number of aromatic nitrogens is 2. The highest BCUT2D eigenvalue weighted by atomic mass is 19.1. The molecule has 0 radical (unpaired) electrons. The lowest BCUT2D eigenvalue weighted by Gasteiger charge is -2.33. The normalized spacial score (nSPS) is 14.7. The predicted octanol–water partition coefficient (Wildman–Crippen LogP) is 4.38. The number of rotatable bonds is 5. The third-order valence-electron chi connectivity index (χ3n) is 5.98. The number of hydrogen-bond donors (Lipinski definition) is 0. The first-order valence-corrected chi connectivity index (χ1v) is 10.6. The molecular formula is C24H26FN3O2. The average molecular weight is 407 g/mol. The highest BCUT2D eigenvalue weighted by Gasteiger charge is 2.27. The summed E-state index contributed by atoms with van der Waals surface area (Å²) >= 11 is 0. The minimum atomic E-state index is -0.427. The largest absolute Gasteiger partial charge is 0.336 e. The van der Waals surface area contributed by atoms with Gasteiger partial charge < -0.3 is 4.90 Å². The summed E-state index contributed by atoms with van der Waals surface area (Å²) in [6.07, 6.45) is 6.94. The maximum absolute atomic E-state index is 14.3. The minimum Gasteiger partial charge on any atom is -0.336 e. The average Bonchev–Trinajstić information content (AvgIpc) is 2.78. The summed E-state index contributed by atoms with van der Waals surface area (Å²) in [6.45, 7) is 2.53. The van der Waals surface area contributed by atoms with Gasteiger partial charge in [-0.3, -0.25) is 14.2 Å². The lowest BCUT2D eigenvalue weighted by Crippen LogP contribution is -2.44. The zero-order valence-electron chi connectivity index (χ0n) is 17.2. The van der Waals surface area contributed by atoms with Crippen LogP contribution in [0.3, 0.4) is 0 Å². The smallest absolute Gasteiger partial charge is 0.265 e. The van der Waals surface area contributed by atoms with Crippen molar-refractivity contribution in [3.8, 4) is 0 Å². The Morgan fingerprint density at radius 1 is 1.17 bits per heavy atom. The van der Waals surface area contributed by atoms with Gasteiger partial charge in [0.25, 0.3) is 11.5 Å². The number of halogens is 1. The van der Waals surface area contributed by atoms with Crippen LogP contribution < -0.4 is 5.56 Å². The van der Waals surface area contributed by atoms with Crippen molar-refractivity contribution >= 4 is 16.9 Å². The molecule has 5 nitrogen and oxygen atoms in total. The standard InChI is InChI=1S/C24H26FN3O2/c1-2-27(19-11-4-3-5-12-19)23(29)20-15-17-10-8-14-26-22(17)28(24(20)30)16-18-9-6-7-13-21(18)25/h6-10,13-15,19H,2-5,11-12,16H2,1H3. The molecule has 0 bridgehead atoms. The monoisotopic (exact) mass is 407 g/mol. The van der Waals surface area contributed by atoms with Crippen LogP contribution in [0.4, 0.5) is 4.39 Å². The summed E-state index contributed by atoms with van der Waals surface area (Å²) in [7, 11) is 0. The number of benzene rings is 1. The molecule has 1 amide bonds. The van der Waals surface area contributed by atoms with Crippen molar-refractivity contribution < 1.29 is 9.18 Å². The molecule has 1 fully saturated rings. The van der Waals surface area contributed by atoms with Gasteiger partial charge in [0.2, 0.25) is 0 Å². The maximum Gasteiger partial charge on any atom is 0.265 e. The van der Waals surface area contributed by atoms with Crippen molar-refractivity contribution in [2.45, 2.75) is 51.6 Å². The van der Waals surface area contributed by atoms with Crippen molar-refractivity contribution in [2.75, 3.05) is 6.54 Å². The fourth-order valence-electron chi connectivity index (χ4n) is 4.42. The summed E-state index contributed by atoms with van der Waals surface area (Å²) in [6, 6.07) is 11.8. The maximum atomic E-state index is 14.3. The fourth-order valence-corrected chi connectivity index (χ4v) is 4.42. The number of pyridine rings is 2. The summed E-state index contributed by atoms with van der Waals surface area (Å²) in [5, 5.41) is 0.691. The Balaban J connectivity index is 1.80. The third-order valence-corrected chi connectivity index (χ3v) is 5.98. The zero-order valence-corrected chi connectivity index (χ0v) is 17.2. The quantitative estimate of drug-likeness (QED) is 0.631. The Kier molecular flexibility index (Phi) is 5.93. The Morgan fingerprint density at radius 2 is 1.93 bits per heavy atom. The van der Waals surface area contributed by atoms with Crippen LogP contribution in [0.25, 0.3) is 11.0 Å². The SMILES string of the molecule is CCN(C(=O)c1cc2cccnc2n(Cc2ccccc2F)c1=O)C1CCCCC1. The Hall–Kier alpha value is -3.02. The molecule has 0 unspecified atom stereocenters. The molecule has 1 aromatic carbocycles. The van der Waals surface area contributed by atoms with Gasteiger partial charge in [-0.15, -0.1) is 0 Å². The predicted molar refractivity (Wildman–Crippen MR) is 115 cm³/mol. The van der Waals surface area contributed by atoms with E-state index in [9.17, 15) is 14.0 Å². The molecule has 2 heterocycles. The van der Waals surface area contributed by atoms with E-state index in [-0.39, 0.29) is 29.9 Å². The molecule has 30 heavy (non-hydrogen) atoms. The van der Waals surface area contributed by atoms with Gasteiger partial charge in [0.1, 0.15) is 17.0 Å². The van der Waals surface area contributed by atoms with Gasteiger partial charge in [0.15, 0.2) is 0 Å². The molecule has 4 rings (SSSR count). The van der Waals surface area contributed by atoms with Gasteiger partial charge in [0, 0.05) is 29.7 Å². The highest BCUT2D eigenvalue weighted by Crippen LogP contribution is 2.24. The number of carbonyl (C=O) groups excluding carboxylic acids is 1. The van der Waals surface area contributed by atoms with E-state index in [0.29, 0.717) is 23.1 Å².